The smallest absolute Gasteiger partial charge is 0.265 e. The zero-order valence-corrected chi connectivity index (χ0v) is 19.6. The van der Waals surface area contributed by atoms with Gasteiger partial charge in [0, 0.05) is 19.2 Å². The minimum absolute atomic E-state index is 0.00585. The molecule has 2 heterocycles. The highest BCUT2D eigenvalue weighted by molar-refractivity contribution is 7.89. The van der Waals surface area contributed by atoms with E-state index in [-0.39, 0.29) is 36.8 Å². The van der Waals surface area contributed by atoms with Gasteiger partial charge in [-0.3, -0.25) is 14.5 Å². The number of sulfonamides is 1. The van der Waals surface area contributed by atoms with Gasteiger partial charge in [0.1, 0.15) is 23.8 Å². The summed E-state index contributed by atoms with van der Waals surface area (Å²) in [5.41, 5.74) is 0.578. The molecule has 1 fully saturated rings. The monoisotopic (exact) mass is 491 g/mol. The maximum Gasteiger partial charge on any atom is 0.265 e. The van der Waals surface area contributed by atoms with Crippen LogP contribution < -0.4 is 24.4 Å². The van der Waals surface area contributed by atoms with Crippen LogP contribution in [0.25, 0.3) is 0 Å². The molecule has 0 saturated carbocycles. The molecule has 0 atom stereocenters. The Morgan fingerprint density at radius 3 is 2.56 bits per heavy atom. The Morgan fingerprint density at radius 1 is 1.09 bits per heavy atom. The van der Waals surface area contributed by atoms with E-state index >= 15 is 0 Å². The summed E-state index contributed by atoms with van der Waals surface area (Å²) >= 11 is 0. The van der Waals surface area contributed by atoms with Crippen LogP contribution in [0.5, 0.6) is 17.2 Å². The zero-order valence-electron chi connectivity index (χ0n) is 18.8. The van der Waals surface area contributed by atoms with Crippen LogP contribution in [0.15, 0.2) is 41.3 Å². The highest BCUT2D eigenvalue weighted by Gasteiger charge is 2.32. The predicted octanol–water partition coefficient (Wildman–Crippen LogP) is 1.09. The lowest BCUT2D eigenvalue weighted by Gasteiger charge is -2.30. The average molecular weight is 492 g/mol. The topological polar surface area (TPSA) is 124 Å². The SMILES string of the molecule is COc1ccc(OC)c(NC(=O)CN2C(=O)COc3ccc(S(=O)(=O)N4CCOCC4)cc32)c1. The van der Waals surface area contributed by atoms with Crippen LogP contribution in [0.4, 0.5) is 11.4 Å². The van der Waals surface area contributed by atoms with Gasteiger partial charge in [0.2, 0.25) is 15.9 Å². The van der Waals surface area contributed by atoms with E-state index in [0.29, 0.717) is 36.1 Å². The molecule has 0 aliphatic carbocycles. The molecule has 0 unspecified atom stereocenters. The first-order chi connectivity index (χ1) is 16.3. The van der Waals surface area contributed by atoms with Crippen LogP contribution >= 0.6 is 0 Å². The van der Waals surface area contributed by atoms with Crippen molar-refractivity contribution in [3.05, 3.63) is 36.4 Å². The molecule has 2 aliphatic rings. The Morgan fingerprint density at radius 2 is 1.85 bits per heavy atom. The standard InChI is InChI=1S/C22H25N3O8S/c1-30-15-3-5-19(31-2)17(11-15)23-21(26)13-25-18-12-16(4-6-20(18)33-14-22(25)27)34(28,29)24-7-9-32-10-8-24/h3-6,11-12H,7-10,13-14H2,1-2H3,(H,23,26). The number of carbonyl (C=O) groups excluding carboxylic acids is 2. The Kier molecular flexibility index (Phi) is 6.91. The minimum Gasteiger partial charge on any atom is -0.497 e. The van der Waals surface area contributed by atoms with E-state index in [0.717, 1.165) is 0 Å². The number of anilines is 2. The molecule has 0 radical (unpaired) electrons. The number of ether oxygens (including phenoxy) is 4. The van der Waals surface area contributed by atoms with Crippen molar-refractivity contribution in [1.82, 2.24) is 4.31 Å². The maximum absolute atomic E-state index is 13.1. The first-order valence-corrected chi connectivity index (χ1v) is 11.9. The number of morpholine rings is 1. The summed E-state index contributed by atoms with van der Waals surface area (Å²) in [4.78, 5) is 26.7. The van der Waals surface area contributed by atoms with Crippen molar-refractivity contribution in [2.75, 3.05) is 63.9 Å². The van der Waals surface area contributed by atoms with E-state index in [9.17, 15) is 18.0 Å². The van der Waals surface area contributed by atoms with Crippen LogP contribution in [-0.2, 0) is 24.3 Å². The van der Waals surface area contributed by atoms with E-state index in [1.54, 1.807) is 18.2 Å². The molecule has 2 aromatic carbocycles. The zero-order chi connectivity index (χ0) is 24.3. The molecular weight excluding hydrogens is 466 g/mol. The number of rotatable bonds is 7. The molecule has 2 amide bonds. The third-order valence-corrected chi connectivity index (χ3v) is 7.36. The van der Waals surface area contributed by atoms with Gasteiger partial charge in [-0.1, -0.05) is 0 Å². The molecule has 1 saturated heterocycles. The predicted molar refractivity (Wildman–Crippen MR) is 122 cm³/mol. The summed E-state index contributed by atoms with van der Waals surface area (Å²) in [6, 6.07) is 9.21. The van der Waals surface area contributed by atoms with Crippen LogP contribution in [-0.4, -0.2) is 78.2 Å². The molecule has 4 rings (SSSR count). The summed E-state index contributed by atoms with van der Waals surface area (Å²) < 4.78 is 48.6. The molecule has 34 heavy (non-hydrogen) atoms. The summed E-state index contributed by atoms with van der Waals surface area (Å²) in [7, 11) is -0.834. The molecule has 0 aromatic heterocycles. The van der Waals surface area contributed by atoms with Gasteiger partial charge in [0.05, 0.1) is 43.7 Å². The van der Waals surface area contributed by atoms with Crippen LogP contribution in [0, 0.1) is 0 Å². The Hall–Kier alpha value is -3.35. The quantitative estimate of drug-likeness (QED) is 0.611. The number of hydrogen-bond donors (Lipinski definition) is 1. The van der Waals surface area contributed by atoms with Gasteiger partial charge in [-0.2, -0.15) is 4.31 Å². The van der Waals surface area contributed by atoms with Gasteiger partial charge >= 0.3 is 0 Å². The third kappa shape index (κ3) is 4.79. The molecule has 182 valence electrons. The number of methoxy groups -OCH3 is 2. The highest BCUT2D eigenvalue weighted by Crippen LogP contribution is 2.35. The Labute approximate surface area is 197 Å². The number of benzene rings is 2. The van der Waals surface area contributed by atoms with Crippen molar-refractivity contribution in [2.45, 2.75) is 4.90 Å². The van der Waals surface area contributed by atoms with Crippen molar-refractivity contribution in [3.8, 4) is 17.2 Å². The largest absolute Gasteiger partial charge is 0.497 e. The third-order valence-electron chi connectivity index (χ3n) is 5.46. The first-order valence-electron chi connectivity index (χ1n) is 10.5. The maximum atomic E-state index is 13.1. The fourth-order valence-corrected chi connectivity index (χ4v) is 5.13. The van der Waals surface area contributed by atoms with Gasteiger partial charge in [0.15, 0.2) is 6.61 Å². The summed E-state index contributed by atoms with van der Waals surface area (Å²) in [6.45, 7) is 0.485. The van der Waals surface area contributed by atoms with Gasteiger partial charge in [-0.15, -0.1) is 0 Å². The van der Waals surface area contributed by atoms with Crippen molar-refractivity contribution in [3.63, 3.8) is 0 Å². The van der Waals surface area contributed by atoms with Gasteiger partial charge in [0.25, 0.3) is 5.91 Å². The van der Waals surface area contributed by atoms with Gasteiger partial charge < -0.3 is 24.3 Å². The lowest BCUT2D eigenvalue weighted by Crippen LogP contribution is -2.44. The lowest BCUT2D eigenvalue weighted by atomic mass is 10.2. The number of amides is 2. The normalized spacial score (nSPS) is 16.4. The van der Waals surface area contributed by atoms with Gasteiger partial charge in [-0.05, 0) is 30.3 Å². The molecule has 11 nitrogen and oxygen atoms in total. The Bertz CT molecular complexity index is 1190. The van der Waals surface area contributed by atoms with Crippen LogP contribution in [0.2, 0.25) is 0 Å². The second-order valence-corrected chi connectivity index (χ2v) is 9.47. The molecule has 0 bridgehead atoms. The van der Waals surface area contributed by atoms with Crippen molar-refractivity contribution in [2.24, 2.45) is 0 Å². The Balaban J connectivity index is 1.59. The molecule has 12 heteroatoms. The molecule has 2 aromatic rings. The van der Waals surface area contributed by atoms with E-state index in [4.69, 9.17) is 18.9 Å². The summed E-state index contributed by atoms with van der Waals surface area (Å²) in [5.74, 6) is 0.270. The minimum atomic E-state index is -3.80. The number of carbonyl (C=O) groups is 2. The molecular formula is C22H25N3O8S. The van der Waals surface area contributed by atoms with Crippen molar-refractivity contribution >= 4 is 33.2 Å². The molecule has 0 spiro atoms. The number of hydrogen-bond acceptors (Lipinski definition) is 8. The van der Waals surface area contributed by atoms with Crippen molar-refractivity contribution < 1.29 is 37.0 Å². The van der Waals surface area contributed by atoms with E-state index in [2.05, 4.69) is 5.32 Å². The first kappa shape index (κ1) is 23.8. The van der Waals surface area contributed by atoms with Crippen molar-refractivity contribution in [1.29, 1.82) is 0 Å². The van der Waals surface area contributed by atoms with Crippen LogP contribution in [0.3, 0.4) is 0 Å². The highest BCUT2D eigenvalue weighted by atomic mass is 32.2. The number of nitrogens with one attached hydrogen (secondary N) is 1. The average Bonchev–Trinajstić information content (AvgIpc) is 2.86. The van der Waals surface area contributed by atoms with Gasteiger partial charge in [-0.25, -0.2) is 8.42 Å². The lowest BCUT2D eigenvalue weighted by molar-refractivity contribution is -0.123. The molecule has 2 aliphatic heterocycles. The fourth-order valence-electron chi connectivity index (χ4n) is 3.70. The second kappa shape index (κ2) is 9.87. The van der Waals surface area contributed by atoms with E-state index in [1.165, 1.54) is 41.6 Å². The summed E-state index contributed by atoms with van der Waals surface area (Å²) in [5, 5.41) is 2.71. The second-order valence-electron chi connectivity index (χ2n) is 7.53. The van der Waals surface area contributed by atoms with E-state index < -0.39 is 21.8 Å². The number of nitrogens with zero attached hydrogens (tertiary/aromatic N) is 2. The molecule has 1 N–H and O–H groups in total. The van der Waals surface area contributed by atoms with E-state index in [1.807, 2.05) is 0 Å². The van der Waals surface area contributed by atoms with Crippen LogP contribution in [0.1, 0.15) is 0 Å². The fraction of sp³-hybridized carbons (Fsp3) is 0.364. The number of fused-ring (bicyclic) bond motifs is 1. The summed E-state index contributed by atoms with van der Waals surface area (Å²) in [6.07, 6.45) is 0.